The van der Waals surface area contributed by atoms with Crippen molar-refractivity contribution in [2.24, 2.45) is 0 Å². The normalized spacial score (nSPS) is 11.6. The molecule has 0 unspecified atom stereocenters. The second-order valence-electron chi connectivity index (χ2n) is 6.88. The quantitative estimate of drug-likeness (QED) is 0.929. The zero-order chi connectivity index (χ0) is 18.2. The molecule has 0 aliphatic rings. The van der Waals surface area contributed by atoms with E-state index in [1.165, 1.54) is 11.0 Å². The van der Waals surface area contributed by atoms with Gasteiger partial charge in [0.15, 0.2) is 0 Å². The first-order valence-electron chi connectivity index (χ1n) is 7.65. The van der Waals surface area contributed by atoms with Crippen molar-refractivity contribution in [2.75, 3.05) is 7.05 Å². The van der Waals surface area contributed by atoms with Gasteiger partial charge in [0, 0.05) is 12.7 Å². The van der Waals surface area contributed by atoms with E-state index < -0.39 is 5.97 Å². The van der Waals surface area contributed by atoms with Crippen LogP contribution in [0.25, 0.3) is 0 Å². The van der Waals surface area contributed by atoms with Crippen molar-refractivity contribution in [3.05, 3.63) is 40.6 Å². The summed E-state index contributed by atoms with van der Waals surface area (Å²) in [5.41, 5.74) is 1.22. The average molecular weight is 333 g/mol. The van der Waals surface area contributed by atoms with Gasteiger partial charge >= 0.3 is 5.97 Å². The van der Waals surface area contributed by atoms with E-state index in [1.54, 1.807) is 20.2 Å². The second-order valence-corrected chi connectivity index (χ2v) is 6.88. The van der Waals surface area contributed by atoms with E-state index in [0.717, 1.165) is 5.69 Å². The van der Waals surface area contributed by atoms with Crippen LogP contribution in [-0.2, 0) is 12.1 Å². The molecule has 0 bridgehead atoms. The molecule has 0 aliphatic carbocycles. The third-order valence-corrected chi connectivity index (χ3v) is 3.81. The fourth-order valence-corrected chi connectivity index (χ4v) is 2.64. The van der Waals surface area contributed by atoms with Gasteiger partial charge in [-0.1, -0.05) is 0 Å². The average Bonchev–Trinajstić information content (AvgIpc) is 3.00. The summed E-state index contributed by atoms with van der Waals surface area (Å²) in [6, 6.07) is 1.45. The van der Waals surface area contributed by atoms with E-state index in [2.05, 4.69) is 5.10 Å². The van der Waals surface area contributed by atoms with E-state index in [0.29, 0.717) is 17.1 Å². The Morgan fingerprint density at radius 3 is 2.38 bits per heavy atom. The molecule has 0 saturated carbocycles. The molecule has 0 spiro atoms. The van der Waals surface area contributed by atoms with Crippen LogP contribution in [0.1, 0.15) is 58.7 Å². The van der Waals surface area contributed by atoms with Crippen molar-refractivity contribution in [3.63, 3.8) is 0 Å². The van der Waals surface area contributed by atoms with Crippen molar-refractivity contribution >= 4 is 11.9 Å². The molecule has 0 saturated heterocycles. The number of hydrogen-bond donors (Lipinski definition) is 1. The number of nitrogens with zero attached hydrogens (tertiary/aromatic N) is 3. The summed E-state index contributed by atoms with van der Waals surface area (Å²) in [6.45, 7) is 9.69. The number of carboxylic acids is 1. The first kappa shape index (κ1) is 17.8. The fourth-order valence-electron chi connectivity index (χ4n) is 2.64. The lowest BCUT2D eigenvalue weighted by molar-refractivity contribution is 0.0694. The molecule has 2 aromatic rings. The molecule has 0 fully saturated rings. The number of carbonyl (C=O) groups excluding carboxylic acids is 1. The Bertz CT molecular complexity index is 780. The maximum absolute atomic E-state index is 12.7. The Morgan fingerprint density at radius 2 is 1.92 bits per heavy atom. The Balaban J connectivity index is 2.20. The third kappa shape index (κ3) is 3.34. The molecule has 0 aromatic carbocycles. The second kappa shape index (κ2) is 6.14. The first-order valence-corrected chi connectivity index (χ1v) is 7.65. The van der Waals surface area contributed by atoms with Gasteiger partial charge in [-0.15, -0.1) is 0 Å². The Hall–Kier alpha value is -2.57. The molecular formula is C17H23N3O4. The van der Waals surface area contributed by atoms with Crippen LogP contribution < -0.4 is 0 Å². The van der Waals surface area contributed by atoms with Gasteiger partial charge in [-0.05, 0) is 40.7 Å². The number of aromatic nitrogens is 2. The van der Waals surface area contributed by atoms with Gasteiger partial charge in [0.1, 0.15) is 17.1 Å². The van der Waals surface area contributed by atoms with E-state index in [1.807, 2.05) is 32.4 Å². The van der Waals surface area contributed by atoms with Gasteiger partial charge in [0.05, 0.1) is 23.8 Å². The highest BCUT2D eigenvalue weighted by molar-refractivity contribution is 5.95. The van der Waals surface area contributed by atoms with Crippen LogP contribution in [-0.4, -0.2) is 38.7 Å². The zero-order valence-corrected chi connectivity index (χ0v) is 14.9. The fraction of sp³-hybridized carbons (Fsp3) is 0.471. The number of rotatable bonds is 4. The topological polar surface area (TPSA) is 88.6 Å². The minimum atomic E-state index is -1.04. The minimum Gasteiger partial charge on any atom is -0.478 e. The number of amides is 1. The number of aromatic carboxylic acids is 1. The van der Waals surface area contributed by atoms with Crippen LogP contribution in [0.4, 0.5) is 0 Å². The molecule has 1 N–H and O–H groups in total. The van der Waals surface area contributed by atoms with Crippen molar-refractivity contribution in [2.45, 2.75) is 46.7 Å². The number of aryl methyl sites for hydroxylation is 1. The van der Waals surface area contributed by atoms with Crippen LogP contribution >= 0.6 is 0 Å². The van der Waals surface area contributed by atoms with Gasteiger partial charge < -0.3 is 14.4 Å². The van der Waals surface area contributed by atoms with Crippen molar-refractivity contribution in [1.82, 2.24) is 14.7 Å². The lowest BCUT2D eigenvalue weighted by Gasteiger charge is -2.22. The van der Waals surface area contributed by atoms with Crippen molar-refractivity contribution < 1.29 is 19.1 Å². The van der Waals surface area contributed by atoms with Gasteiger partial charge in [0.25, 0.3) is 5.91 Å². The molecule has 2 aromatic heterocycles. The highest BCUT2D eigenvalue weighted by Gasteiger charge is 2.24. The van der Waals surface area contributed by atoms with Gasteiger partial charge in [-0.3, -0.25) is 9.48 Å². The summed E-state index contributed by atoms with van der Waals surface area (Å²) >= 11 is 0. The zero-order valence-electron chi connectivity index (χ0n) is 14.9. The molecular weight excluding hydrogens is 310 g/mol. The maximum atomic E-state index is 12.7. The highest BCUT2D eigenvalue weighted by Crippen LogP contribution is 2.21. The molecule has 0 aliphatic heterocycles. The molecule has 7 nitrogen and oxygen atoms in total. The molecule has 2 heterocycles. The van der Waals surface area contributed by atoms with E-state index in [-0.39, 0.29) is 23.6 Å². The predicted molar refractivity (Wildman–Crippen MR) is 88.2 cm³/mol. The molecule has 7 heteroatoms. The first-order chi connectivity index (χ1) is 11.0. The van der Waals surface area contributed by atoms with Crippen LogP contribution in [0.5, 0.6) is 0 Å². The van der Waals surface area contributed by atoms with Crippen molar-refractivity contribution in [1.29, 1.82) is 0 Å². The van der Waals surface area contributed by atoms with Crippen LogP contribution in [0.3, 0.4) is 0 Å². The van der Waals surface area contributed by atoms with Crippen LogP contribution in [0, 0.1) is 13.8 Å². The Kier molecular flexibility index (Phi) is 4.55. The number of furan rings is 1. The number of carboxylic acid groups (broad SMARTS) is 1. The van der Waals surface area contributed by atoms with Crippen LogP contribution in [0.15, 0.2) is 16.7 Å². The van der Waals surface area contributed by atoms with Crippen molar-refractivity contribution in [3.8, 4) is 0 Å². The van der Waals surface area contributed by atoms with Gasteiger partial charge in [-0.25, -0.2) is 4.79 Å². The smallest absolute Gasteiger partial charge is 0.339 e. The summed E-state index contributed by atoms with van der Waals surface area (Å²) in [7, 11) is 1.65. The van der Waals surface area contributed by atoms with E-state index in [4.69, 9.17) is 9.52 Å². The number of carbonyl (C=O) groups is 2. The summed E-state index contributed by atoms with van der Waals surface area (Å²) in [5, 5.41) is 13.4. The van der Waals surface area contributed by atoms with E-state index in [9.17, 15) is 9.59 Å². The Labute approximate surface area is 140 Å². The summed E-state index contributed by atoms with van der Waals surface area (Å²) in [5.74, 6) is -0.468. The lowest BCUT2D eigenvalue weighted by atomic mass is 10.1. The molecule has 2 rings (SSSR count). The van der Waals surface area contributed by atoms with Crippen LogP contribution in [0.2, 0.25) is 0 Å². The maximum Gasteiger partial charge on any atom is 0.339 e. The lowest BCUT2D eigenvalue weighted by Crippen LogP contribution is -2.28. The van der Waals surface area contributed by atoms with Gasteiger partial charge in [-0.2, -0.15) is 5.10 Å². The highest BCUT2D eigenvalue weighted by atomic mass is 16.4. The molecule has 0 atom stereocenters. The summed E-state index contributed by atoms with van der Waals surface area (Å²) in [4.78, 5) is 25.2. The van der Waals surface area contributed by atoms with E-state index >= 15 is 0 Å². The molecule has 24 heavy (non-hydrogen) atoms. The Morgan fingerprint density at radius 1 is 1.29 bits per heavy atom. The molecule has 1 amide bonds. The SMILES string of the molecule is Cc1oc(CN(C)C(=O)c2cnn(C(C)(C)C)c2C)cc1C(=O)O. The molecule has 130 valence electrons. The largest absolute Gasteiger partial charge is 0.478 e. The predicted octanol–water partition coefficient (Wildman–Crippen LogP) is 2.82. The number of hydrogen-bond acceptors (Lipinski definition) is 4. The standard InChI is InChI=1S/C17H23N3O4/c1-10-14(8-18-20(10)17(3,4)5)15(21)19(6)9-12-7-13(16(22)23)11(2)24-12/h7-8H,9H2,1-6H3,(H,22,23). The van der Waals surface area contributed by atoms with Gasteiger partial charge in [0.2, 0.25) is 0 Å². The molecule has 0 radical (unpaired) electrons. The summed E-state index contributed by atoms with van der Waals surface area (Å²) < 4.78 is 7.24. The monoisotopic (exact) mass is 333 g/mol. The summed E-state index contributed by atoms with van der Waals surface area (Å²) in [6.07, 6.45) is 1.56. The third-order valence-electron chi connectivity index (χ3n) is 3.81. The minimum absolute atomic E-state index is 0.114.